The minimum absolute atomic E-state index is 0.359. The molecule has 0 spiro atoms. The third-order valence-corrected chi connectivity index (χ3v) is 2.61. The fraction of sp³-hybridized carbons (Fsp3) is 0.700. The van der Waals surface area contributed by atoms with E-state index in [9.17, 15) is 5.11 Å². The monoisotopic (exact) mass is 180 g/mol. The number of hydrogen-bond acceptors (Lipinski definition) is 2. The molecule has 0 bridgehead atoms. The standard InChI is InChI=1S/C10H16N2O/c1-12-6-9(11-7-12)10(13)5-4-8-2-3-8/h6-8,10,13H,2-5H2,1H3. The maximum Gasteiger partial charge on any atom is 0.0975 e. The quantitative estimate of drug-likeness (QED) is 0.765. The Morgan fingerprint density at radius 2 is 2.46 bits per heavy atom. The first kappa shape index (κ1) is 8.75. The van der Waals surface area contributed by atoms with Gasteiger partial charge in [0.05, 0.1) is 18.1 Å². The van der Waals surface area contributed by atoms with Crippen molar-refractivity contribution < 1.29 is 5.11 Å². The van der Waals surface area contributed by atoms with Crippen molar-refractivity contribution in [2.24, 2.45) is 13.0 Å². The normalized spacial score (nSPS) is 18.9. The van der Waals surface area contributed by atoms with Crippen LogP contribution in [0.25, 0.3) is 0 Å². The van der Waals surface area contributed by atoms with Gasteiger partial charge in [0.1, 0.15) is 0 Å². The van der Waals surface area contributed by atoms with Gasteiger partial charge in [-0.3, -0.25) is 0 Å². The van der Waals surface area contributed by atoms with E-state index >= 15 is 0 Å². The summed E-state index contributed by atoms with van der Waals surface area (Å²) in [5.74, 6) is 0.887. The molecule has 1 aliphatic rings. The van der Waals surface area contributed by atoms with Gasteiger partial charge >= 0.3 is 0 Å². The van der Waals surface area contributed by atoms with Crippen LogP contribution in [0, 0.1) is 5.92 Å². The number of hydrogen-bond donors (Lipinski definition) is 1. The maximum atomic E-state index is 9.73. The van der Waals surface area contributed by atoms with E-state index in [0.717, 1.165) is 24.5 Å². The van der Waals surface area contributed by atoms with E-state index in [1.54, 1.807) is 6.33 Å². The molecule has 2 rings (SSSR count). The lowest BCUT2D eigenvalue weighted by Gasteiger charge is -2.05. The van der Waals surface area contributed by atoms with E-state index in [2.05, 4.69) is 4.98 Å². The topological polar surface area (TPSA) is 38.0 Å². The lowest BCUT2D eigenvalue weighted by atomic mass is 10.1. The highest BCUT2D eigenvalue weighted by molar-refractivity contribution is 5.00. The summed E-state index contributed by atoms with van der Waals surface area (Å²) in [4.78, 5) is 4.13. The van der Waals surface area contributed by atoms with Gasteiger partial charge < -0.3 is 9.67 Å². The molecule has 1 aromatic rings. The second-order valence-electron chi connectivity index (χ2n) is 4.00. The zero-order valence-electron chi connectivity index (χ0n) is 7.98. The fourth-order valence-electron chi connectivity index (χ4n) is 1.55. The van der Waals surface area contributed by atoms with Gasteiger partial charge in [-0.2, -0.15) is 0 Å². The van der Waals surface area contributed by atoms with Gasteiger partial charge in [0.15, 0.2) is 0 Å². The zero-order chi connectivity index (χ0) is 9.26. The van der Waals surface area contributed by atoms with Crippen LogP contribution in [0.1, 0.15) is 37.5 Å². The van der Waals surface area contributed by atoms with Crippen LogP contribution < -0.4 is 0 Å². The van der Waals surface area contributed by atoms with E-state index in [-0.39, 0.29) is 6.10 Å². The lowest BCUT2D eigenvalue weighted by Crippen LogP contribution is -1.98. The molecule has 1 atom stereocenters. The molecule has 3 heteroatoms. The Bertz CT molecular complexity index is 278. The molecule has 0 aromatic carbocycles. The number of aliphatic hydroxyl groups is 1. The van der Waals surface area contributed by atoms with Crippen molar-refractivity contribution in [3.8, 4) is 0 Å². The van der Waals surface area contributed by atoms with E-state index in [1.807, 2.05) is 17.8 Å². The largest absolute Gasteiger partial charge is 0.387 e. The molecule has 1 unspecified atom stereocenters. The Hall–Kier alpha value is -0.830. The fourth-order valence-corrected chi connectivity index (χ4v) is 1.55. The van der Waals surface area contributed by atoms with Crippen LogP contribution in [0.3, 0.4) is 0 Å². The Balaban J connectivity index is 1.84. The third-order valence-electron chi connectivity index (χ3n) is 2.61. The lowest BCUT2D eigenvalue weighted by molar-refractivity contribution is 0.158. The summed E-state index contributed by atoms with van der Waals surface area (Å²) in [6.45, 7) is 0. The van der Waals surface area contributed by atoms with Gasteiger partial charge in [-0.05, 0) is 18.8 Å². The average Bonchev–Trinajstić information content (AvgIpc) is 2.84. The number of aliphatic hydroxyl groups excluding tert-OH is 1. The predicted octanol–water partition coefficient (Wildman–Crippen LogP) is 1.64. The van der Waals surface area contributed by atoms with Gasteiger partial charge in [-0.1, -0.05) is 12.8 Å². The first-order valence-electron chi connectivity index (χ1n) is 4.91. The van der Waals surface area contributed by atoms with E-state index in [1.165, 1.54) is 12.8 Å². The van der Waals surface area contributed by atoms with Gasteiger partial charge in [-0.15, -0.1) is 0 Å². The first-order valence-corrected chi connectivity index (χ1v) is 4.91. The van der Waals surface area contributed by atoms with Crippen LogP contribution >= 0.6 is 0 Å². The van der Waals surface area contributed by atoms with Crippen LogP contribution in [0.2, 0.25) is 0 Å². The van der Waals surface area contributed by atoms with Crippen LogP contribution in [-0.4, -0.2) is 14.7 Å². The van der Waals surface area contributed by atoms with Crippen LogP contribution in [-0.2, 0) is 7.05 Å². The Labute approximate surface area is 78.4 Å². The number of nitrogens with zero attached hydrogens (tertiary/aromatic N) is 2. The molecule has 0 radical (unpaired) electrons. The summed E-state index contributed by atoms with van der Waals surface area (Å²) in [5.41, 5.74) is 0.808. The molecule has 0 saturated heterocycles. The zero-order valence-corrected chi connectivity index (χ0v) is 7.98. The highest BCUT2D eigenvalue weighted by Crippen LogP contribution is 2.35. The second kappa shape index (κ2) is 3.50. The van der Waals surface area contributed by atoms with Crippen molar-refractivity contribution in [3.63, 3.8) is 0 Å². The molecule has 1 aliphatic carbocycles. The molecule has 1 heterocycles. The van der Waals surface area contributed by atoms with E-state index < -0.39 is 0 Å². The summed E-state index contributed by atoms with van der Waals surface area (Å²) in [5, 5.41) is 9.73. The third kappa shape index (κ3) is 2.31. The van der Waals surface area contributed by atoms with Crippen molar-refractivity contribution in [2.45, 2.75) is 31.8 Å². The molecule has 72 valence electrons. The minimum Gasteiger partial charge on any atom is -0.387 e. The molecular formula is C10H16N2O. The highest BCUT2D eigenvalue weighted by Gasteiger charge is 2.22. The number of aryl methyl sites for hydroxylation is 1. The first-order chi connectivity index (χ1) is 6.25. The van der Waals surface area contributed by atoms with Crippen molar-refractivity contribution in [1.82, 2.24) is 9.55 Å². The van der Waals surface area contributed by atoms with Gasteiger partial charge in [0, 0.05) is 13.2 Å². The van der Waals surface area contributed by atoms with Crippen LogP contribution in [0.5, 0.6) is 0 Å². The SMILES string of the molecule is Cn1cnc(C(O)CCC2CC2)c1. The van der Waals surface area contributed by atoms with Crippen molar-refractivity contribution in [2.75, 3.05) is 0 Å². The van der Waals surface area contributed by atoms with Crippen molar-refractivity contribution in [3.05, 3.63) is 18.2 Å². The van der Waals surface area contributed by atoms with Crippen LogP contribution in [0.15, 0.2) is 12.5 Å². The summed E-state index contributed by atoms with van der Waals surface area (Å²) >= 11 is 0. The maximum absolute atomic E-state index is 9.73. The number of rotatable bonds is 4. The molecule has 1 aromatic heterocycles. The number of imidazole rings is 1. The molecule has 0 amide bonds. The van der Waals surface area contributed by atoms with Crippen molar-refractivity contribution in [1.29, 1.82) is 0 Å². The summed E-state index contributed by atoms with van der Waals surface area (Å²) in [7, 11) is 1.92. The minimum atomic E-state index is -0.359. The van der Waals surface area contributed by atoms with Crippen LogP contribution in [0.4, 0.5) is 0 Å². The predicted molar refractivity (Wildman–Crippen MR) is 50.1 cm³/mol. The number of aromatic nitrogens is 2. The van der Waals surface area contributed by atoms with Gasteiger partial charge in [0.25, 0.3) is 0 Å². The average molecular weight is 180 g/mol. The van der Waals surface area contributed by atoms with Gasteiger partial charge in [0.2, 0.25) is 0 Å². The molecule has 1 N–H and O–H groups in total. The Morgan fingerprint density at radius 3 is 3.00 bits per heavy atom. The molecule has 3 nitrogen and oxygen atoms in total. The van der Waals surface area contributed by atoms with Crippen molar-refractivity contribution >= 4 is 0 Å². The second-order valence-corrected chi connectivity index (χ2v) is 4.00. The van der Waals surface area contributed by atoms with E-state index in [0.29, 0.717) is 0 Å². The van der Waals surface area contributed by atoms with Gasteiger partial charge in [-0.25, -0.2) is 4.98 Å². The molecule has 1 fully saturated rings. The Kier molecular flexibility index (Phi) is 2.36. The summed E-state index contributed by atoms with van der Waals surface area (Å²) < 4.78 is 1.87. The summed E-state index contributed by atoms with van der Waals surface area (Å²) in [6.07, 6.45) is 7.98. The Morgan fingerprint density at radius 1 is 1.69 bits per heavy atom. The summed E-state index contributed by atoms with van der Waals surface area (Å²) in [6, 6.07) is 0. The molecular weight excluding hydrogens is 164 g/mol. The molecule has 1 saturated carbocycles. The molecule has 0 aliphatic heterocycles. The highest BCUT2D eigenvalue weighted by atomic mass is 16.3. The molecule has 13 heavy (non-hydrogen) atoms. The van der Waals surface area contributed by atoms with E-state index in [4.69, 9.17) is 0 Å². The smallest absolute Gasteiger partial charge is 0.0975 e.